The molecule has 0 saturated carbocycles. The molecular weight excluding hydrogens is 248 g/mol. The van der Waals surface area contributed by atoms with E-state index in [1.807, 2.05) is 24.3 Å². The van der Waals surface area contributed by atoms with E-state index >= 15 is 0 Å². The lowest BCUT2D eigenvalue weighted by molar-refractivity contribution is 0.868. The van der Waals surface area contributed by atoms with Crippen LogP contribution in [0.25, 0.3) is 11.0 Å². The summed E-state index contributed by atoms with van der Waals surface area (Å²) < 4.78 is 0. The smallest absolute Gasteiger partial charge is 0.205 e. The van der Waals surface area contributed by atoms with Gasteiger partial charge in [0.05, 0.1) is 11.0 Å². The zero-order valence-corrected chi connectivity index (χ0v) is 11.6. The molecule has 0 aliphatic heterocycles. The van der Waals surface area contributed by atoms with Gasteiger partial charge in [-0.3, -0.25) is 0 Å². The van der Waals surface area contributed by atoms with Gasteiger partial charge in [-0.05, 0) is 35.7 Å². The van der Waals surface area contributed by atoms with E-state index in [1.54, 1.807) is 0 Å². The van der Waals surface area contributed by atoms with Crippen LogP contribution in [0.2, 0.25) is 0 Å². The second-order valence-electron chi connectivity index (χ2n) is 5.23. The maximum atomic E-state index is 5.78. The molecule has 2 aromatic carbocycles. The molecule has 0 atom stereocenters. The molecule has 0 aliphatic carbocycles. The Morgan fingerprint density at radius 1 is 1.15 bits per heavy atom. The van der Waals surface area contributed by atoms with Crippen molar-refractivity contribution in [3.05, 3.63) is 48.0 Å². The zero-order valence-electron chi connectivity index (χ0n) is 11.6. The first-order valence-electron chi connectivity index (χ1n) is 6.74. The third kappa shape index (κ3) is 2.32. The first-order valence-corrected chi connectivity index (χ1v) is 6.74. The van der Waals surface area contributed by atoms with Crippen LogP contribution in [0.5, 0.6) is 0 Å². The SMILES string of the molecule is CC(C)c1ccccc1Nc1nc2ccc(N)cc2[nH]1. The summed E-state index contributed by atoms with van der Waals surface area (Å²) in [7, 11) is 0. The Morgan fingerprint density at radius 2 is 1.95 bits per heavy atom. The molecule has 4 heteroatoms. The molecule has 0 unspecified atom stereocenters. The Balaban J connectivity index is 1.97. The van der Waals surface area contributed by atoms with Crippen molar-refractivity contribution in [2.75, 3.05) is 11.1 Å². The Labute approximate surface area is 118 Å². The molecule has 0 spiro atoms. The summed E-state index contributed by atoms with van der Waals surface area (Å²) in [4.78, 5) is 7.78. The lowest BCUT2D eigenvalue weighted by Crippen LogP contribution is -1.98. The molecule has 4 nitrogen and oxygen atoms in total. The van der Waals surface area contributed by atoms with E-state index < -0.39 is 0 Å². The molecule has 0 fully saturated rings. The van der Waals surface area contributed by atoms with Crippen LogP contribution in [0.1, 0.15) is 25.3 Å². The van der Waals surface area contributed by atoms with Gasteiger partial charge in [-0.15, -0.1) is 0 Å². The summed E-state index contributed by atoms with van der Waals surface area (Å²) in [5, 5.41) is 3.36. The fourth-order valence-corrected chi connectivity index (χ4v) is 2.33. The van der Waals surface area contributed by atoms with Gasteiger partial charge in [0.1, 0.15) is 0 Å². The van der Waals surface area contributed by atoms with Crippen LogP contribution < -0.4 is 11.1 Å². The summed E-state index contributed by atoms with van der Waals surface area (Å²) >= 11 is 0. The number of para-hydroxylation sites is 1. The number of hydrogen-bond acceptors (Lipinski definition) is 3. The number of anilines is 3. The first-order chi connectivity index (χ1) is 9.63. The number of nitrogens with two attached hydrogens (primary N) is 1. The second kappa shape index (κ2) is 4.89. The normalized spacial score (nSPS) is 11.2. The van der Waals surface area contributed by atoms with Crippen molar-refractivity contribution >= 4 is 28.4 Å². The lowest BCUT2D eigenvalue weighted by atomic mass is 10.0. The minimum atomic E-state index is 0.457. The average molecular weight is 266 g/mol. The Kier molecular flexibility index (Phi) is 3.06. The second-order valence-corrected chi connectivity index (χ2v) is 5.23. The highest BCUT2D eigenvalue weighted by atomic mass is 15.1. The van der Waals surface area contributed by atoms with Crippen LogP contribution in [-0.4, -0.2) is 9.97 Å². The van der Waals surface area contributed by atoms with E-state index in [4.69, 9.17) is 5.73 Å². The summed E-state index contributed by atoms with van der Waals surface area (Å²) in [5.74, 6) is 1.19. The Morgan fingerprint density at radius 3 is 2.75 bits per heavy atom. The van der Waals surface area contributed by atoms with Gasteiger partial charge in [-0.2, -0.15) is 0 Å². The van der Waals surface area contributed by atoms with E-state index in [0.29, 0.717) is 5.92 Å². The molecule has 0 bridgehead atoms. The highest BCUT2D eigenvalue weighted by molar-refractivity contribution is 5.81. The largest absolute Gasteiger partial charge is 0.399 e. The van der Waals surface area contributed by atoms with E-state index in [1.165, 1.54) is 5.56 Å². The predicted octanol–water partition coefficient (Wildman–Crippen LogP) is 4.01. The maximum absolute atomic E-state index is 5.78. The highest BCUT2D eigenvalue weighted by Gasteiger charge is 2.08. The van der Waals surface area contributed by atoms with Crippen LogP contribution in [0.3, 0.4) is 0 Å². The minimum Gasteiger partial charge on any atom is -0.399 e. The van der Waals surface area contributed by atoms with E-state index in [0.717, 1.165) is 28.4 Å². The standard InChI is InChI=1S/C16H18N4/c1-10(2)12-5-3-4-6-13(12)18-16-19-14-8-7-11(17)9-15(14)20-16/h3-10H,17H2,1-2H3,(H2,18,19,20). The number of H-pyrrole nitrogens is 1. The van der Waals surface area contributed by atoms with Gasteiger partial charge >= 0.3 is 0 Å². The number of nitrogen functional groups attached to an aromatic ring is 1. The summed E-state index contributed by atoms with van der Waals surface area (Å²) in [5.41, 5.74) is 10.7. The van der Waals surface area contributed by atoms with Gasteiger partial charge in [0.2, 0.25) is 5.95 Å². The van der Waals surface area contributed by atoms with Crippen molar-refractivity contribution in [1.82, 2.24) is 9.97 Å². The molecule has 0 radical (unpaired) electrons. The number of imidazole rings is 1. The van der Waals surface area contributed by atoms with Crippen LogP contribution >= 0.6 is 0 Å². The fraction of sp³-hybridized carbons (Fsp3) is 0.188. The summed E-state index contributed by atoms with van der Waals surface area (Å²) in [6, 6.07) is 13.9. The minimum absolute atomic E-state index is 0.457. The number of aromatic amines is 1. The Hall–Kier alpha value is -2.49. The van der Waals surface area contributed by atoms with E-state index in [-0.39, 0.29) is 0 Å². The molecule has 0 saturated heterocycles. The number of hydrogen-bond donors (Lipinski definition) is 3. The van der Waals surface area contributed by atoms with Gasteiger partial charge in [-0.25, -0.2) is 4.98 Å². The Bertz CT molecular complexity index is 743. The van der Waals surface area contributed by atoms with E-state index in [2.05, 4.69) is 47.3 Å². The number of benzene rings is 2. The number of nitrogens with zero attached hydrogens (tertiary/aromatic N) is 1. The topological polar surface area (TPSA) is 66.7 Å². The maximum Gasteiger partial charge on any atom is 0.205 e. The molecule has 3 aromatic rings. The van der Waals surface area contributed by atoms with Crippen molar-refractivity contribution < 1.29 is 0 Å². The molecule has 1 heterocycles. The van der Waals surface area contributed by atoms with Crippen LogP contribution in [0.4, 0.5) is 17.3 Å². The van der Waals surface area contributed by atoms with Crippen molar-refractivity contribution in [2.45, 2.75) is 19.8 Å². The molecule has 0 aliphatic rings. The van der Waals surface area contributed by atoms with Crippen molar-refractivity contribution in [1.29, 1.82) is 0 Å². The number of fused-ring (bicyclic) bond motifs is 1. The van der Waals surface area contributed by atoms with Crippen molar-refractivity contribution in [3.8, 4) is 0 Å². The van der Waals surface area contributed by atoms with Crippen LogP contribution in [0.15, 0.2) is 42.5 Å². The molecule has 0 amide bonds. The van der Waals surface area contributed by atoms with Crippen molar-refractivity contribution in [2.24, 2.45) is 0 Å². The molecular formula is C16H18N4. The molecule has 3 rings (SSSR count). The van der Waals surface area contributed by atoms with Gasteiger partial charge in [0.25, 0.3) is 0 Å². The molecule has 4 N–H and O–H groups in total. The van der Waals surface area contributed by atoms with Gasteiger partial charge < -0.3 is 16.0 Å². The number of nitrogens with one attached hydrogen (secondary N) is 2. The first kappa shape index (κ1) is 12.5. The third-order valence-corrected chi connectivity index (χ3v) is 3.34. The van der Waals surface area contributed by atoms with Crippen LogP contribution in [0, 0.1) is 0 Å². The highest BCUT2D eigenvalue weighted by Crippen LogP contribution is 2.27. The molecule has 20 heavy (non-hydrogen) atoms. The predicted molar refractivity (Wildman–Crippen MR) is 84.3 cm³/mol. The molecule has 102 valence electrons. The quantitative estimate of drug-likeness (QED) is 0.627. The van der Waals surface area contributed by atoms with Gasteiger partial charge in [0.15, 0.2) is 0 Å². The third-order valence-electron chi connectivity index (χ3n) is 3.34. The summed E-state index contributed by atoms with van der Waals surface area (Å²) in [6.45, 7) is 4.36. The summed E-state index contributed by atoms with van der Waals surface area (Å²) in [6.07, 6.45) is 0. The van der Waals surface area contributed by atoms with Crippen LogP contribution in [-0.2, 0) is 0 Å². The zero-order chi connectivity index (χ0) is 14.1. The van der Waals surface area contributed by atoms with Gasteiger partial charge in [-0.1, -0.05) is 32.0 Å². The monoisotopic (exact) mass is 266 g/mol. The fourth-order valence-electron chi connectivity index (χ4n) is 2.33. The molecule has 1 aromatic heterocycles. The number of rotatable bonds is 3. The van der Waals surface area contributed by atoms with Crippen molar-refractivity contribution in [3.63, 3.8) is 0 Å². The average Bonchev–Trinajstić information content (AvgIpc) is 2.80. The van der Waals surface area contributed by atoms with Gasteiger partial charge in [0, 0.05) is 11.4 Å². The number of aromatic nitrogens is 2. The lowest BCUT2D eigenvalue weighted by Gasteiger charge is -2.12. The van der Waals surface area contributed by atoms with E-state index in [9.17, 15) is 0 Å².